The van der Waals surface area contributed by atoms with Crippen LogP contribution in [0.1, 0.15) is 11.4 Å². The van der Waals surface area contributed by atoms with Crippen molar-refractivity contribution in [3.8, 4) is 101 Å². The van der Waals surface area contributed by atoms with E-state index in [2.05, 4.69) is 184 Å². The first-order valence-electron chi connectivity index (χ1n) is 22.2. The summed E-state index contributed by atoms with van der Waals surface area (Å²) >= 11 is 0. The summed E-state index contributed by atoms with van der Waals surface area (Å²) < 4.78 is 0. The second-order valence-corrected chi connectivity index (χ2v) is 16.6. The summed E-state index contributed by atoms with van der Waals surface area (Å²) in [6, 6.07) is 78.4. The van der Waals surface area contributed by atoms with Crippen LogP contribution < -0.4 is 0 Å². The van der Waals surface area contributed by atoms with E-state index in [0.717, 1.165) is 101 Å². The second-order valence-electron chi connectivity index (χ2n) is 16.6. The number of hydrogen-bond donors (Lipinski definition) is 0. The highest BCUT2D eigenvalue weighted by atomic mass is 14.9. The third-order valence-corrected chi connectivity index (χ3v) is 12.0. The lowest BCUT2D eigenvalue weighted by Gasteiger charge is -2.18. The van der Waals surface area contributed by atoms with E-state index in [-0.39, 0.29) is 0 Å². The van der Waals surface area contributed by atoms with E-state index in [0.29, 0.717) is 11.6 Å². The minimum Gasteiger partial charge on any atom is -0.258 e. The fraction of sp³-hybridized carbons (Fsp3) is 0.0328. The van der Waals surface area contributed by atoms with Crippen molar-refractivity contribution in [3.05, 3.63) is 236 Å². The van der Waals surface area contributed by atoms with Gasteiger partial charge in [0.2, 0.25) is 0 Å². The molecule has 0 unspecified atom stereocenters. The molecule has 0 aliphatic heterocycles. The molecule has 5 heteroatoms. The Kier molecular flexibility index (Phi) is 10.6. The van der Waals surface area contributed by atoms with Gasteiger partial charge in [-0.1, -0.05) is 182 Å². The first-order valence-corrected chi connectivity index (χ1v) is 22.2. The maximum Gasteiger partial charge on any atom is 0.160 e. The van der Waals surface area contributed by atoms with Crippen LogP contribution in [0.15, 0.2) is 224 Å². The summed E-state index contributed by atoms with van der Waals surface area (Å²) in [6.07, 6.45) is 0. The average Bonchev–Trinajstić information content (AvgIpc) is 3.38. The van der Waals surface area contributed by atoms with Crippen LogP contribution in [0.5, 0.6) is 0 Å². The van der Waals surface area contributed by atoms with Gasteiger partial charge in [-0.15, -0.1) is 0 Å². The van der Waals surface area contributed by atoms with Gasteiger partial charge in [0.1, 0.15) is 0 Å². The summed E-state index contributed by atoms with van der Waals surface area (Å²) in [7, 11) is 0. The molecule has 0 aliphatic carbocycles. The summed E-state index contributed by atoms with van der Waals surface area (Å²) in [6.45, 7) is 4.13. The highest BCUT2D eigenvalue weighted by Crippen LogP contribution is 2.43. The van der Waals surface area contributed by atoms with Gasteiger partial charge in [0.15, 0.2) is 11.6 Å². The number of fused-ring (bicyclic) bond motifs is 1. The largest absolute Gasteiger partial charge is 0.258 e. The highest BCUT2D eigenvalue weighted by molar-refractivity contribution is 5.96. The van der Waals surface area contributed by atoms with Gasteiger partial charge < -0.3 is 0 Å². The summed E-state index contributed by atoms with van der Waals surface area (Å²) in [5.41, 5.74) is 18.0. The molecule has 0 spiro atoms. The zero-order valence-corrected chi connectivity index (χ0v) is 36.6. The molecular formula is C61H43N5. The molecule has 0 saturated carbocycles. The van der Waals surface area contributed by atoms with E-state index in [1.165, 1.54) is 10.8 Å². The SMILES string of the molecule is Cc1cc(-c2c(-c3cccc(-c4cc(-c5ccccc5)nc(-c5ccccc5)n4)c3)cccc2-c2cccc(-c3cc(-c4ccc5ccccc5c4)nc(-c4ccccc4)n3)c2)cc(C)n1. The van der Waals surface area contributed by atoms with Gasteiger partial charge in [-0.25, -0.2) is 19.9 Å². The van der Waals surface area contributed by atoms with Crippen molar-refractivity contribution in [3.63, 3.8) is 0 Å². The lowest BCUT2D eigenvalue weighted by Crippen LogP contribution is -1.97. The quantitative estimate of drug-likeness (QED) is 0.145. The Morgan fingerprint density at radius 1 is 0.242 bits per heavy atom. The third-order valence-electron chi connectivity index (χ3n) is 12.0. The summed E-state index contributed by atoms with van der Waals surface area (Å²) in [4.78, 5) is 25.4. The Labute approximate surface area is 384 Å². The van der Waals surface area contributed by atoms with Gasteiger partial charge in [0.05, 0.1) is 22.8 Å². The molecule has 0 aliphatic rings. The predicted molar refractivity (Wildman–Crippen MR) is 271 cm³/mol. The number of rotatable bonds is 9. The number of benzene rings is 8. The molecule has 11 rings (SSSR count). The smallest absolute Gasteiger partial charge is 0.160 e. The second kappa shape index (κ2) is 17.5. The molecule has 11 aromatic rings. The van der Waals surface area contributed by atoms with E-state index in [1.807, 2.05) is 54.6 Å². The van der Waals surface area contributed by atoms with Gasteiger partial charge in [-0.05, 0) is 100 Å². The van der Waals surface area contributed by atoms with Crippen molar-refractivity contribution in [1.29, 1.82) is 0 Å². The zero-order chi connectivity index (χ0) is 44.4. The van der Waals surface area contributed by atoms with Crippen molar-refractivity contribution >= 4 is 10.8 Å². The highest BCUT2D eigenvalue weighted by Gasteiger charge is 2.19. The van der Waals surface area contributed by atoms with Crippen molar-refractivity contribution in [1.82, 2.24) is 24.9 Å². The molecule has 0 atom stereocenters. The molecule has 0 fully saturated rings. The van der Waals surface area contributed by atoms with E-state index < -0.39 is 0 Å². The van der Waals surface area contributed by atoms with Gasteiger partial charge in [0.25, 0.3) is 0 Å². The molecule has 312 valence electrons. The molecule has 5 nitrogen and oxygen atoms in total. The van der Waals surface area contributed by atoms with Crippen LogP contribution in [-0.2, 0) is 0 Å². The van der Waals surface area contributed by atoms with Crippen molar-refractivity contribution in [2.24, 2.45) is 0 Å². The first kappa shape index (κ1) is 40.1. The van der Waals surface area contributed by atoms with Crippen LogP contribution in [-0.4, -0.2) is 24.9 Å². The normalized spacial score (nSPS) is 11.2. The van der Waals surface area contributed by atoms with Crippen LogP contribution in [0.2, 0.25) is 0 Å². The molecule has 3 aromatic heterocycles. The maximum atomic E-state index is 5.23. The zero-order valence-electron chi connectivity index (χ0n) is 36.6. The van der Waals surface area contributed by atoms with Crippen LogP contribution in [0.4, 0.5) is 0 Å². The van der Waals surface area contributed by atoms with Crippen LogP contribution in [0.3, 0.4) is 0 Å². The standard InChI is InChI=1S/C61H43N5/c1-40-33-52(34-41(2)62-40)59-53(47-25-14-27-49(36-47)56-38-55(43-18-6-3-7-19-43)63-60(64-56)44-20-8-4-9-21-44)29-16-30-54(59)48-26-15-28-50(37-48)57-39-58(66-61(65-57)45-22-10-5-11-23-45)51-32-31-42-17-12-13-24-46(42)35-51/h3-39H,1-2H3. The molecule has 0 saturated heterocycles. The van der Waals surface area contributed by atoms with E-state index in [1.54, 1.807) is 0 Å². The minimum atomic E-state index is 0.683. The van der Waals surface area contributed by atoms with E-state index in [9.17, 15) is 0 Å². The first-order chi connectivity index (χ1) is 32.5. The Bertz CT molecular complexity index is 3470. The van der Waals surface area contributed by atoms with Gasteiger partial charge in [-0.3, -0.25) is 4.98 Å². The van der Waals surface area contributed by atoms with E-state index >= 15 is 0 Å². The molecule has 0 amide bonds. The minimum absolute atomic E-state index is 0.683. The molecule has 66 heavy (non-hydrogen) atoms. The molecular weight excluding hydrogens is 803 g/mol. The maximum absolute atomic E-state index is 5.23. The van der Waals surface area contributed by atoms with Crippen molar-refractivity contribution < 1.29 is 0 Å². The van der Waals surface area contributed by atoms with Crippen molar-refractivity contribution in [2.75, 3.05) is 0 Å². The Morgan fingerprint density at radius 2 is 0.636 bits per heavy atom. The number of hydrogen-bond acceptors (Lipinski definition) is 5. The number of aromatic nitrogens is 5. The monoisotopic (exact) mass is 845 g/mol. The topological polar surface area (TPSA) is 64.5 Å². The Morgan fingerprint density at radius 3 is 1.15 bits per heavy atom. The fourth-order valence-electron chi connectivity index (χ4n) is 8.89. The summed E-state index contributed by atoms with van der Waals surface area (Å²) in [5, 5.41) is 2.36. The number of nitrogens with zero attached hydrogens (tertiary/aromatic N) is 5. The van der Waals surface area contributed by atoms with Crippen LogP contribution in [0.25, 0.3) is 112 Å². The molecule has 0 radical (unpaired) electrons. The lowest BCUT2D eigenvalue weighted by molar-refractivity contribution is 1.12. The van der Waals surface area contributed by atoms with Gasteiger partial charge >= 0.3 is 0 Å². The number of aryl methyl sites for hydroxylation is 2. The van der Waals surface area contributed by atoms with Gasteiger partial charge in [0, 0.05) is 44.8 Å². The number of pyridine rings is 1. The lowest BCUT2D eigenvalue weighted by atomic mass is 9.86. The molecule has 0 N–H and O–H groups in total. The van der Waals surface area contributed by atoms with E-state index in [4.69, 9.17) is 24.9 Å². The Hall–Kier alpha value is -8.67. The molecule has 8 aromatic carbocycles. The van der Waals surface area contributed by atoms with Crippen LogP contribution in [0, 0.1) is 13.8 Å². The summed E-state index contributed by atoms with van der Waals surface area (Å²) in [5.74, 6) is 1.37. The van der Waals surface area contributed by atoms with Crippen LogP contribution >= 0.6 is 0 Å². The Balaban J connectivity index is 1.06. The van der Waals surface area contributed by atoms with Crippen molar-refractivity contribution in [2.45, 2.75) is 13.8 Å². The molecule has 3 heterocycles. The third kappa shape index (κ3) is 8.18. The van der Waals surface area contributed by atoms with Gasteiger partial charge in [-0.2, -0.15) is 0 Å². The predicted octanol–water partition coefficient (Wildman–Crippen LogP) is 15.4. The molecule has 0 bridgehead atoms. The average molecular weight is 846 g/mol. The fourth-order valence-corrected chi connectivity index (χ4v) is 8.89.